The Bertz CT molecular complexity index is 568. The second-order valence-corrected chi connectivity index (χ2v) is 5.52. The molecule has 2 unspecified atom stereocenters. The average Bonchev–Trinajstić information content (AvgIpc) is 2.84. The van der Waals surface area contributed by atoms with Crippen molar-refractivity contribution in [2.24, 2.45) is 5.92 Å². The van der Waals surface area contributed by atoms with Gasteiger partial charge in [-0.1, -0.05) is 6.92 Å². The van der Waals surface area contributed by atoms with Crippen molar-refractivity contribution in [2.75, 3.05) is 13.6 Å². The topological polar surface area (TPSA) is 49.5 Å². The van der Waals surface area contributed by atoms with E-state index in [-0.39, 0.29) is 5.92 Å². The molecule has 0 radical (unpaired) electrons. The number of aromatic nitrogens is 1. The van der Waals surface area contributed by atoms with Gasteiger partial charge in [0.05, 0.1) is 24.3 Å². The molecule has 114 valence electrons. The third-order valence-electron chi connectivity index (χ3n) is 3.60. The zero-order chi connectivity index (χ0) is 15.4. The highest BCUT2D eigenvalue weighted by atomic mass is 19.1. The summed E-state index contributed by atoms with van der Waals surface area (Å²) >= 11 is 0. The highest BCUT2D eigenvalue weighted by Gasteiger charge is 2.19. The molecule has 0 aliphatic heterocycles. The van der Waals surface area contributed by atoms with E-state index >= 15 is 0 Å². The van der Waals surface area contributed by atoms with Gasteiger partial charge in [0.2, 0.25) is 0 Å². The van der Waals surface area contributed by atoms with Crippen LogP contribution in [0.2, 0.25) is 0 Å². The van der Waals surface area contributed by atoms with E-state index in [1.807, 2.05) is 27.0 Å². The monoisotopic (exact) mass is 292 g/mol. The van der Waals surface area contributed by atoms with Crippen molar-refractivity contribution in [2.45, 2.75) is 26.5 Å². The Kier molecular flexibility index (Phi) is 5.09. The van der Waals surface area contributed by atoms with Crippen LogP contribution in [0.1, 0.15) is 30.0 Å². The second-order valence-electron chi connectivity index (χ2n) is 5.52. The van der Waals surface area contributed by atoms with Gasteiger partial charge < -0.3 is 14.4 Å². The van der Waals surface area contributed by atoms with Gasteiger partial charge in [-0.15, -0.1) is 0 Å². The molecule has 5 heteroatoms. The zero-order valence-corrected chi connectivity index (χ0v) is 12.6. The number of aliphatic hydroxyl groups is 1. The molecule has 0 amide bonds. The standard InChI is InChI=1S/C16H21FN2O2/c1-11(16(20)15-5-4-14(17)8-18-15)9-19(3)10-13-6-7-21-12(13)2/h4-8,11,16,20H,9-10H2,1-3H3. The smallest absolute Gasteiger partial charge is 0.141 e. The van der Waals surface area contributed by atoms with Crippen LogP contribution in [0.5, 0.6) is 0 Å². The summed E-state index contributed by atoms with van der Waals surface area (Å²) in [5, 5.41) is 10.3. The Morgan fingerprint density at radius 3 is 2.71 bits per heavy atom. The van der Waals surface area contributed by atoms with Crippen LogP contribution in [-0.2, 0) is 6.54 Å². The minimum Gasteiger partial charge on any atom is -0.469 e. The van der Waals surface area contributed by atoms with E-state index in [9.17, 15) is 9.50 Å². The Hall–Kier alpha value is -1.72. The predicted molar refractivity (Wildman–Crippen MR) is 78.1 cm³/mol. The lowest BCUT2D eigenvalue weighted by molar-refractivity contribution is 0.0895. The van der Waals surface area contributed by atoms with E-state index in [2.05, 4.69) is 9.88 Å². The fourth-order valence-electron chi connectivity index (χ4n) is 2.38. The van der Waals surface area contributed by atoms with Gasteiger partial charge in [-0.25, -0.2) is 4.39 Å². The van der Waals surface area contributed by atoms with Crippen molar-refractivity contribution < 1.29 is 13.9 Å². The molecule has 0 saturated heterocycles. The summed E-state index contributed by atoms with van der Waals surface area (Å²) in [4.78, 5) is 6.06. The molecule has 2 heterocycles. The fourth-order valence-corrected chi connectivity index (χ4v) is 2.38. The van der Waals surface area contributed by atoms with Gasteiger partial charge in [0.1, 0.15) is 11.6 Å². The summed E-state index contributed by atoms with van der Waals surface area (Å²) in [5.74, 6) is 0.501. The Labute approximate surface area is 124 Å². The van der Waals surface area contributed by atoms with Crippen molar-refractivity contribution >= 4 is 0 Å². The van der Waals surface area contributed by atoms with E-state index in [1.165, 1.54) is 12.1 Å². The number of rotatable bonds is 6. The van der Waals surface area contributed by atoms with Crippen molar-refractivity contribution in [1.82, 2.24) is 9.88 Å². The maximum absolute atomic E-state index is 12.8. The molecule has 0 aromatic carbocycles. The molecule has 4 nitrogen and oxygen atoms in total. The van der Waals surface area contributed by atoms with Crippen LogP contribution in [0, 0.1) is 18.7 Å². The molecular formula is C16H21FN2O2. The van der Waals surface area contributed by atoms with Gasteiger partial charge in [0.25, 0.3) is 0 Å². The summed E-state index contributed by atoms with van der Waals surface area (Å²) in [6.45, 7) is 5.35. The van der Waals surface area contributed by atoms with Crippen molar-refractivity contribution in [1.29, 1.82) is 0 Å². The van der Waals surface area contributed by atoms with Gasteiger partial charge in [-0.05, 0) is 32.2 Å². The Morgan fingerprint density at radius 1 is 1.38 bits per heavy atom. The van der Waals surface area contributed by atoms with Crippen LogP contribution in [-0.4, -0.2) is 28.6 Å². The van der Waals surface area contributed by atoms with Crippen LogP contribution < -0.4 is 0 Å². The second kappa shape index (κ2) is 6.83. The molecule has 2 aromatic heterocycles. The average molecular weight is 292 g/mol. The molecule has 2 atom stereocenters. The lowest BCUT2D eigenvalue weighted by atomic mass is 10.0. The third kappa shape index (κ3) is 4.12. The lowest BCUT2D eigenvalue weighted by Gasteiger charge is -2.24. The number of aryl methyl sites for hydroxylation is 1. The van der Waals surface area contributed by atoms with Gasteiger partial charge in [0.15, 0.2) is 0 Å². The first-order chi connectivity index (χ1) is 9.97. The fraction of sp³-hybridized carbons (Fsp3) is 0.438. The van der Waals surface area contributed by atoms with E-state index < -0.39 is 11.9 Å². The van der Waals surface area contributed by atoms with Crippen LogP contribution in [0.4, 0.5) is 4.39 Å². The van der Waals surface area contributed by atoms with Gasteiger partial charge >= 0.3 is 0 Å². The summed E-state index contributed by atoms with van der Waals surface area (Å²) in [6.07, 6.45) is 2.10. The highest BCUT2D eigenvalue weighted by Crippen LogP contribution is 2.21. The van der Waals surface area contributed by atoms with E-state index in [0.29, 0.717) is 12.2 Å². The number of hydrogen-bond donors (Lipinski definition) is 1. The van der Waals surface area contributed by atoms with Crippen molar-refractivity contribution in [3.05, 3.63) is 53.5 Å². The number of nitrogens with zero attached hydrogens (tertiary/aromatic N) is 2. The largest absolute Gasteiger partial charge is 0.469 e. The molecule has 0 spiro atoms. The number of pyridine rings is 1. The van der Waals surface area contributed by atoms with Crippen molar-refractivity contribution in [3.63, 3.8) is 0 Å². The molecular weight excluding hydrogens is 271 g/mol. The Morgan fingerprint density at radius 2 is 2.14 bits per heavy atom. The molecule has 21 heavy (non-hydrogen) atoms. The molecule has 0 bridgehead atoms. The lowest BCUT2D eigenvalue weighted by Crippen LogP contribution is -2.27. The third-order valence-corrected chi connectivity index (χ3v) is 3.60. The molecule has 0 fully saturated rings. The minimum atomic E-state index is -0.710. The number of furan rings is 1. The van der Waals surface area contributed by atoms with Crippen LogP contribution in [0.25, 0.3) is 0 Å². The van der Waals surface area contributed by atoms with E-state index in [4.69, 9.17) is 4.42 Å². The summed E-state index contributed by atoms with van der Waals surface area (Å²) in [5.41, 5.74) is 1.64. The predicted octanol–water partition coefficient (Wildman–Crippen LogP) is 2.92. The summed E-state index contributed by atoms with van der Waals surface area (Å²) in [7, 11) is 1.99. The highest BCUT2D eigenvalue weighted by molar-refractivity contribution is 5.15. The number of hydrogen-bond acceptors (Lipinski definition) is 4. The molecule has 2 aromatic rings. The van der Waals surface area contributed by atoms with Gasteiger partial charge in [0, 0.05) is 24.6 Å². The molecule has 0 aliphatic carbocycles. The normalized spacial score (nSPS) is 14.4. The molecule has 0 saturated carbocycles. The van der Waals surface area contributed by atoms with E-state index in [1.54, 1.807) is 6.26 Å². The molecule has 1 N–H and O–H groups in total. The maximum atomic E-state index is 12.8. The SMILES string of the molecule is Cc1occc1CN(C)CC(C)C(O)c1ccc(F)cn1. The van der Waals surface area contributed by atoms with E-state index in [0.717, 1.165) is 24.1 Å². The van der Waals surface area contributed by atoms with Gasteiger partial charge in [-0.3, -0.25) is 4.98 Å². The van der Waals surface area contributed by atoms with Crippen molar-refractivity contribution in [3.8, 4) is 0 Å². The van der Waals surface area contributed by atoms with Gasteiger partial charge in [-0.2, -0.15) is 0 Å². The first-order valence-electron chi connectivity index (χ1n) is 6.98. The number of halogens is 1. The first-order valence-corrected chi connectivity index (χ1v) is 6.98. The minimum absolute atomic E-state index is 0.0137. The van der Waals surface area contributed by atoms with Crippen LogP contribution in [0.15, 0.2) is 35.1 Å². The van der Waals surface area contributed by atoms with Crippen LogP contribution in [0.3, 0.4) is 0 Å². The van der Waals surface area contributed by atoms with Crippen LogP contribution >= 0.6 is 0 Å². The zero-order valence-electron chi connectivity index (χ0n) is 12.6. The summed E-state index contributed by atoms with van der Waals surface area (Å²) in [6, 6.07) is 4.79. The maximum Gasteiger partial charge on any atom is 0.141 e. The first kappa shape index (κ1) is 15.7. The number of aliphatic hydroxyl groups excluding tert-OH is 1. The summed E-state index contributed by atoms with van der Waals surface area (Å²) < 4.78 is 18.1. The molecule has 0 aliphatic rings. The molecule has 2 rings (SSSR count). The Balaban J connectivity index is 1.92. The quantitative estimate of drug-likeness (QED) is 0.889.